The van der Waals surface area contributed by atoms with Crippen molar-refractivity contribution in [2.75, 3.05) is 11.9 Å². The van der Waals surface area contributed by atoms with Gasteiger partial charge in [0.1, 0.15) is 12.1 Å². The van der Waals surface area contributed by atoms with E-state index in [1.54, 1.807) is 6.92 Å². The largest absolute Gasteiger partial charge is 0.325 e. The standard InChI is InChI=1S/C24H29N3O3/c1-6-7-18-8-10-19(11-9-18)24(5)22(29)27(23(30)26-24)14-20(28)25-21-16(3)12-15(2)13-17(21)4/h8-13H,6-7,14H2,1-5H3,(H,25,28)(H,26,30)/t24-/m1/s1. The molecule has 0 aromatic heterocycles. The fraction of sp³-hybridized carbons (Fsp3) is 0.375. The van der Waals surface area contributed by atoms with Crippen molar-refractivity contribution in [3.05, 3.63) is 64.2 Å². The van der Waals surface area contributed by atoms with E-state index in [9.17, 15) is 14.4 Å². The minimum atomic E-state index is -1.18. The van der Waals surface area contributed by atoms with Crippen LogP contribution in [-0.4, -0.2) is 29.3 Å². The molecule has 158 valence electrons. The summed E-state index contributed by atoms with van der Waals surface area (Å²) >= 11 is 0. The summed E-state index contributed by atoms with van der Waals surface area (Å²) in [6, 6.07) is 11.1. The first-order valence-electron chi connectivity index (χ1n) is 10.3. The molecule has 2 N–H and O–H groups in total. The third kappa shape index (κ3) is 4.08. The van der Waals surface area contributed by atoms with Gasteiger partial charge in [0.15, 0.2) is 0 Å². The van der Waals surface area contributed by atoms with E-state index in [1.807, 2.05) is 57.2 Å². The number of amides is 4. The van der Waals surface area contributed by atoms with E-state index in [2.05, 4.69) is 17.6 Å². The zero-order chi connectivity index (χ0) is 22.1. The van der Waals surface area contributed by atoms with E-state index in [1.165, 1.54) is 5.56 Å². The molecule has 1 aliphatic heterocycles. The number of rotatable bonds is 6. The topological polar surface area (TPSA) is 78.5 Å². The van der Waals surface area contributed by atoms with Gasteiger partial charge in [-0.3, -0.25) is 14.5 Å². The van der Waals surface area contributed by atoms with Crippen molar-refractivity contribution in [2.45, 2.75) is 53.0 Å². The Balaban J connectivity index is 1.75. The monoisotopic (exact) mass is 407 g/mol. The van der Waals surface area contributed by atoms with E-state index in [4.69, 9.17) is 0 Å². The second-order valence-electron chi connectivity index (χ2n) is 8.22. The average Bonchev–Trinajstić information content (AvgIpc) is 2.89. The Labute approximate surface area is 177 Å². The van der Waals surface area contributed by atoms with Crippen LogP contribution in [0, 0.1) is 20.8 Å². The normalized spacial score (nSPS) is 18.5. The quantitative estimate of drug-likeness (QED) is 0.711. The summed E-state index contributed by atoms with van der Waals surface area (Å²) in [6.45, 7) is 9.29. The van der Waals surface area contributed by atoms with E-state index < -0.39 is 23.4 Å². The Bertz CT molecular complexity index is 974. The molecule has 0 radical (unpaired) electrons. The molecule has 2 aromatic rings. The fourth-order valence-corrected chi connectivity index (χ4v) is 4.03. The van der Waals surface area contributed by atoms with E-state index >= 15 is 0 Å². The summed E-state index contributed by atoms with van der Waals surface area (Å²) in [5.41, 5.74) is 4.41. The molecule has 3 rings (SSSR count). The lowest BCUT2D eigenvalue weighted by atomic mass is 9.91. The second kappa shape index (κ2) is 8.30. The molecule has 1 heterocycles. The number of imide groups is 1. The number of anilines is 1. The Morgan fingerprint density at radius 2 is 1.67 bits per heavy atom. The van der Waals surface area contributed by atoms with Crippen LogP contribution in [0.1, 0.15) is 48.1 Å². The van der Waals surface area contributed by atoms with Crippen molar-refractivity contribution in [1.29, 1.82) is 0 Å². The number of urea groups is 1. The molecular weight excluding hydrogens is 378 g/mol. The van der Waals surface area contributed by atoms with Crippen molar-refractivity contribution in [2.24, 2.45) is 0 Å². The number of carbonyl (C=O) groups excluding carboxylic acids is 3. The second-order valence-corrected chi connectivity index (χ2v) is 8.22. The van der Waals surface area contributed by atoms with Gasteiger partial charge in [0, 0.05) is 5.69 Å². The number of nitrogens with one attached hydrogen (secondary N) is 2. The first-order chi connectivity index (χ1) is 14.2. The van der Waals surface area contributed by atoms with E-state index in [-0.39, 0.29) is 6.54 Å². The van der Waals surface area contributed by atoms with Crippen LogP contribution in [0.15, 0.2) is 36.4 Å². The zero-order valence-electron chi connectivity index (χ0n) is 18.3. The maximum atomic E-state index is 13.1. The number of carbonyl (C=O) groups is 3. The molecule has 0 aliphatic carbocycles. The van der Waals surface area contributed by atoms with Crippen molar-refractivity contribution < 1.29 is 14.4 Å². The Hall–Kier alpha value is -3.15. The van der Waals surface area contributed by atoms with Crippen LogP contribution in [0.2, 0.25) is 0 Å². The minimum absolute atomic E-state index is 0.332. The molecule has 2 aromatic carbocycles. The van der Waals surface area contributed by atoms with Gasteiger partial charge < -0.3 is 10.6 Å². The van der Waals surface area contributed by atoms with Gasteiger partial charge >= 0.3 is 6.03 Å². The van der Waals surface area contributed by atoms with Crippen LogP contribution in [0.4, 0.5) is 10.5 Å². The lowest BCUT2D eigenvalue weighted by Crippen LogP contribution is -2.42. The van der Waals surface area contributed by atoms with Gasteiger partial charge in [-0.05, 0) is 56.4 Å². The number of benzene rings is 2. The smallest absolute Gasteiger partial charge is 0.324 e. The van der Waals surface area contributed by atoms with Crippen LogP contribution in [0.3, 0.4) is 0 Å². The molecule has 6 nitrogen and oxygen atoms in total. The molecular formula is C24H29N3O3. The maximum absolute atomic E-state index is 13.1. The summed E-state index contributed by atoms with van der Waals surface area (Å²) in [4.78, 5) is 39.2. The van der Waals surface area contributed by atoms with Crippen LogP contribution in [0.25, 0.3) is 0 Å². The summed E-state index contributed by atoms with van der Waals surface area (Å²) < 4.78 is 0. The highest BCUT2D eigenvalue weighted by Gasteiger charge is 2.49. The molecule has 1 aliphatic rings. The van der Waals surface area contributed by atoms with Gasteiger partial charge in [0.2, 0.25) is 5.91 Å². The Morgan fingerprint density at radius 1 is 1.07 bits per heavy atom. The molecule has 0 spiro atoms. The summed E-state index contributed by atoms with van der Waals surface area (Å²) in [6.07, 6.45) is 2.00. The van der Waals surface area contributed by atoms with Gasteiger partial charge in [0.25, 0.3) is 5.91 Å². The first kappa shape index (κ1) is 21.6. The molecule has 4 amide bonds. The van der Waals surface area contributed by atoms with Crippen molar-refractivity contribution in [1.82, 2.24) is 10.2 Å². The number of hydrogen-bond acceptors (Lipinski definition) is 3. The van der Waals surface area contributed by atoms with Crippen LogP contribution in [-0.2, 0) is 21.5 Å². The molecule has 30 heavy (non-hydrogen) atoms. The first-order valence-corrected chi connectivity index (χ1v) is 10.3. The lowest BCUT2D eigenvalue weighted by Gasteiger charge is -2.22. The van der Waals surface area contributed by atoms with Gasteiger partial charge in [-0.25, -0.2) is 4.79 Å². The summed E-state index contributed by atoms with van der Waals surface area (Å²) in [5, 5.41) is 5.60. The molecule has 0 unspecified atom stereocenters. The highest BCUT2D eigenvalue weighted by Crippen LogP contribution is 2.29. The lowest BCUT2D eigenvalue weighted by molar-refractivity contribution is -0.133. The van der Waals surface area contributed by atoms with E-state index in [0.717, 1.165) is 34.4 Å². The average molecular weight is 408 g/mol. The Kier molecular flexibility index (Phi) is 5.97. The van der Waals surface area contributed by atoms with Gasteiger partial charge in [-0.15, -0.1) is 0 Å². The zero-order valence-corrected chi connectivity index (χ0v) is 18.3. The van der Waals surface area contributed by atoms with Crippen molar-refractivity contribution in [3.8, 4) is 0 Å². The number of hydrogen-bond donors (Lipinski definition) is 2. The highest BCUT2D eigenvalue weighted by molar-refractivity contribution is 6.10. The van der Waals surface area contributed by atoms with E-state index in [0.29, 0.717) is 11.3 Å². The molecule has 1 fully saturated rings. The van der Waals surface area contributed by atoms with Crippen molar-refractivity contribution >= 4 is 23.5 Å². The van der Waals surface area contributed by atoms with Gasteiger partial charge in [-0.2, -0.15) is 0 Å². The predicted molar refractivity (Wildman–Crippen MR) is 117 cm³/mol. The molecule has 1 atom stereocenters. The van der Waals surface area contributed by atoms with Gasteiger partial charge in [-0.1, -0.05) is 55.3 Å². The molecule has 0 saturated carbocycles. The third-order valence-electron chi connectivity index (χ3n) is 5.59. The van der Waals surface area contributed by atoms with Crippen LogP contribution >= 0.6 is 0 Å². The minimum Gasteiger partial charge on any atom is -0.324 e. The van der Waals surface area contributed by atoms with Crippen LogP contribution < -0.4 is 10.6 Å². The molecule has 0 bridgehead atoms. The highest BCUT2D eigenvalue weighted by atomic mass is 16.2. The van der Waals surface area contributed by atoms with Gasteiger partial charge in [0.05, 0.1) is 0 Å². The third-order valence-corrected chi connectivity index (χ3v) is 5.59. The SMILES string of the molecule is CCCc1ccc([C@@]2(C)NC(=O)N(CC(=O)Nc3c(C)cc(C)cc3C)C2=O)cc1. The summed E-state index contributed by atoms with van der Waals surface area (Å²) in [7, 11) is 0. The molecule has 1 saturated heterocycles. The fourth-order valence-electron chi connectivity index (χ4n) is 4.03. The van der Waals surface area contributed by atoms with Crippen LogP contribution in [0.5, 0.6) is 0 Å². The maximum Gasteiger partial charge on any atom is 0.325 e. The number of nitrogens with zero attached hydrogens (tertiary/aromatic N) is 1. The van der Waals surface area contributed by atoms with Crippen molar-refractivity contribution in [3.63, 3.8) is 0 Å². The Morgan fingerprint density at radius 3 is 2.23 bits per heavy atom. The molecule has 6 heteroatoms. The summed E-state index contributed by atoms with van der Waals surface area (Å²) in [5.74, 6) is -0.834. The number of aryl methyl sites for hydroxylation is 4. The predicted octanol–water partition coefficient (Wildman–Crippen LogP) is 3.97.